The molecule has 6 heterocycles. The molecule has 2 aromatic heterocycles. The Hall–Kier alpha value is -9.54. The summed E-state index contributed by atoms with van der Waals surface area (Å²) in [6, 6.07) is 28.2. The van der Waals surface area contributed by atoms with E-state index < -0.39 is 68.8 Å². The lowest BCUT2D eigenvalue weighted by atomic mass is 9.84. The maximum atomic E-state index is 16.5. The van der Waals surface area contributed by atoms with Gasteiger partial charge in [0.2, 0.25) is 10.9 Å². The summed E-state index contributed by atoms with van der Waals surface area (Å²) in [4.78, 5) is 81.7. The molecule has 6 aromatic carbocycles. The highest BCUT2D eigenvalue weighted by molar-refractivity contribution is 6.01. The van der Waals surface area contributed by atoms with E-state index in [1.807, 2.05) is 79.6 Å². The highest BCUT2D eigenvalue weighted by atomic mass is 19.1. The largest absolute Gasteiger partial charge is 0.492 e. The number of aryl methyl sites for hydroxylation is 2. The van der Waals surface area contributed by atoms with Crippen LogP contribution >= 0.6 is 0 Å². The number of nitrogens with zero attached hydrogens (tertiary/aromatic N) is 5. The second-order valence-corrected chi connectivity index (χ2v) is 28.8. The molecule has 532 valence electrons. The molecule has 4 saturated heterocycles. The number of methoxy groups -OCH3 is 2. The molecular weight excluding hydrogens is 1300 g/mol. The highest BCUT2D eigenvalue weighted by Gasteiger charge is 2.45. The molecule has 6 aliphatic rings. The number of rotatable bonds is 16. The van der Waals surface area contributed by atoms with E-state index in [-0.39, 0.29) is 75.2 Å². The SMILES string of the molecule is CC(C)(C(=O)O)c1ccc(-c2ccccc2)c(F)c1.COc1c(N2CC3CCCN(COC(=O)C(C)(C)c4ccc(-c5ccccc5)c(F)c4)C3C2)c(F)c(C)c2c(=O)c(C(=O)O)c(C)n(C3CC3)c12.COc1c(N2CC3CCCNC3C2)c(F)c(C)c2c(=O)c(C(=O)O)c(C)n(C3CC3)c12. The number of halogens is 4. The molecule has 0 amide bonds. The number of aromatic nitrogens is 2. The van der Waals surface area contributed by atoms with Gasteiger partial charge in [0.1, 0.15) is 40.9 Å². The maximum Gasteiger partial charge on any atom is 0.341 e. The quantitative estimate of drug-likeness (QED) is 0.0522. The number of carbonyl (C=O) groups is 4. The summed E-state index contributed by atoms with van der Waals surface area (Å²) in [7, 11) is 2.95. The summed E-state index contributed by atoms with van der Waals surface area (Å²) in [5.41, 5.74) is 1.85. The molecule has 2 aliphatic carbocycles. The Balaban J connectivity index is 0.000000162. The summed E-state index contributed by atoms with van der Waals surface area (Å²) in [6.45, 7) is 17.1. The minimum absolute atomic E-state index is 0.00769. The summed E-state index contributed by atoms with van der Waals surface area (Å²) in [5, 5.41) is 32.5. The van der Waals surface area contributed by atoms with Crippen molar-refractivity contribution in [1.29, 1.82) is 0 Å². The first-order valence-electron chi connectivity index (χ1n) is 34.6. The van der Waals surface area contributed by atoms with Crippen molar-refractivity contribution in [2.24, 2.45) is 11.8 Å². The number of aromatic carboxylic acids is 2. The van der Waals surface area contributed by atoms with Crippen molar-refractivity contribution in [2.75, 3.05) is 70.0 Å². The smallest absolute Gasteiger partial charge is 0.341 e. The Morgan fingerprint density at radius 3 is 1.44 bits per heavy atom. The predicted molar refractivity (Wildman–Crippen MR) is 379 cm³/mol. The molecule has 4 atom stereocenters. The first kappa shape index (κ1) is 71.3. The normalized spacial score (nSPS) is 19.0. The van der Waals surface area contributed by atoms with E-state index in [1.165, 1.54) is 33.3 Å². The first-order chi connectivity index (χ1) is 48.1. The number of aliphatic carboxylic acids is 1. The average Bonchev–Trinajstić information content (AvgIpc) is 1.71. The summed E-state index contributed by atoms with van der Waals surface area (Å²) < 4.78 is 83.1. The van der Waals surface area contributed by atoms with E-state index in [9.17, 15) is 43.4 Å². The molecule has 6 fully saturated rings. The number of carbonyl (C=O) groups excluding carboxylic acids is 1. The number of pyridine rings is 2. The number of nitrogens with one attached hydrogen (secondary N) is 1. The van der Waals surface area contributed by atoms with Crippen LogP contribution in [0.15, 0.2) is 107 Å². The number of piperidine rings is 2. The summed E-state index contributed by atoms with van der Waals surface area (Å²) >= 11 is 0. The van der Waals surface area contributed by atoms with Crippen LogP contribution in [-0.2, 0) is 25.2 Å². The molecule has 22 heteroatoms. The van der Waals surface area contributed by atoms with Crippen molar-refractivity contribution in [3.63, 3.8) is 0 Å². The molecule has 2 saturated carbocycles. The molecule has 14 rings (SSSR count). The van der Waals surface area contributed by atoms with Crippen molar-refractivity contribution < 1.29 is 66.3 Å². The van der Waals surface area contributed by atoms with Crippen molar-refractivity contribution >= 4 is 57.1 Å². The van der Waals surface area contributed by atoms with Gasteiger partial charge >= 0.3 is 23.9 Å². The lowest BCUT2D eigenvalue weighted by Crippen LogP contribution is -2.47. The molecule has 4 aliphatic heterocycles. The van der Waals surface area contributed by atoms with Gasteiger partial charge in [0, 0.05) is 90.5 Å². The molecule has 8 aromatic rings. The maximum absolute atomic E-state index is 16.5. The van der Waals surface area contributed by atoms with Crippen LogP contribution in [0.4, 0.5) is 28.9 Å². The van der Waals surface area contributed by atoms with Crippen LogP contribution < -0.4 is 35.4 Å². The van der Waals surface area contributed by atoms with Gasteiger partial charge in [-0.2, -0.15) is 0 Å². The van der Waals surface area contributed by atoms with Crippen LogP contribution in [0.25, 0.3) is 44.1 Å². The number of likely N-dealkylation sites (tertiary alicyclic amines) is 1. The molecule has 18 nitrogen and oxygen atoms in total. The average molecular weight is 1390 g/mol. The third-order valence-electron chi connectivity index (χ3n) is 21.7. The highest BCUT2D eigenvalue weighted by Crippen LogP contribution is 2.50. The van der Waals surface area contributed by atoms with Gasteiger partial charge in [-0.15, -0.1) is 0 Å². The Morgan fingerprint density at radius 2 is 1.01 bits per heavy atom. The zero-order valence-corrected chi connectivity index (χ0v) is 58.6. The van der Waals surface area contributed by atoms with Gasteiger partial charge in [-0.25, -0.2) is 27.2 Å². The van der Waals surface area contributed by atoms with E-state index in [0.717, 1.165) is 75.6 Å². The second kappa shape index (κ2) is 28.1. The number of hydrogen-bond acceptors (Lipinski definition) is 13. The van der Waals surface area contributed by atoms with Crippen LogP contribution in [0.5, 0.6) is 11.5 Å². The first-order valence-corrected chi connectivity index (χ1v) is 34.6. The van der Waals surface area contributed by atoms with Gasteiger partial charge in [0.15, 0.2) is 23.1 Å². The zero-order chi connectivity index (χ0) is 72.4. The number of carboxylic acid groups (broad SMARTS) is 3. The van der Waals surface area contributed by atoms with E-state index in [1.54, 1.807) is 72.7 Å². The minimum Gasteiger partial charge on any atom is -0.492 e. The molecular formula is C79H86F4N6O12. The number of esters is 1. The van der Waals surface area contributed by atoms with E-state index in [4.69, 9.17) is 19.3 Å². The molecule has 0 radical (unpaired) electrons. The van der Waals surface area contributed by atoms with Gasteiger partial charge in [0.25, 0.3) is 0 Å². The number of anilines is 2. The fourth-order valence-corrected chi connectivity index (χ4v) is 15.7. The molecule has 4 unspecified atom stereocenters. The summed E-state index contributed by atoms with van der Waals surface area (Å²) in [6.07, 6.45) is 7.43. The molecule has 101 heavy (non-hydrogen) atoms. The Kier molecular flexibility index (Phi) is 19.8. The van der Waals surface area contributed by atoms with Crippen molar-refractivity contribution in [2.45, 2.75) is 142 Å². The van der Waals surface area contributed by atoms with Crippen LogP contribution in [0.1, 0.15) is 146 Å². The lowest BCUT2D eigenvalue weighted by Gasteiger charge is -2.36. The van der Waals surface area contributed by atoms with Crippen LogP contribution in [0.3, 0.4) is 0 Å². The van der Waals surface area contributed by atoms with Crippen LogP contribution in [0, 0.1) is 62.8 Å². The van der Waals surface area contributed by atoms with Gasteiger partial charge in [-0.3, -0.25) is 24.1 Å². The monoisotopic (exact) mass is 1390 g/mol. The van der Waals surface area contributed by atoms with E-state index in [0.29, 0.717) is 94.3 Å². The standard InChI is InChI=1S/C40H43F2N3O6.C23H28FN3O4.C16H15FO2/c1-22-31-34(45(27-14-15-27)23(2)32(36(31)46)38(47)48)37(50-5)35(33(22)42)44-19-25-12-9-17-43(30(25)20-44)21-51-39(49)40(3,4)26-13-16-28(29(41)18-26)24-10-7-6-8-11-24;1-11-16-19(27(14-6-7-14)12(2)17(21(16)28)23(29)30)22(31-3)20(18(11)24)26-9-13-5-4-8-25-15(13)10-26;1-16(2,15(18)19)12-8-9-13(14(17)10-12)11-6-4-3-5-7-11/h6-8,10-11,13,16,18,25,27,30H,9,12,14-15,17,19-21H2,1-5H3,(H,47,48);13-15,25H,4-10H2,1-3H3,(H,29,30);3-10H,1-2H3,(H,18,19). The zero-order valence-electron chi connectivity index (χ0n) is 58.6. The van der Waals surface area contributed by atoms with E-state index in [2.05, 4.69) is 10.2 Å². The van der Waals surface area contributed by atoms with Gasteiger partial charge in [-0.05, 0) is 160 Å². The number of ether oxygens (including phenoxy) is 3. The topological polar surface area (TPSA) is 222 Å². The van der Waals surface area contributed by atoms with Crippen LogP contribution in [0.2, 0.25) is 0 Å². The third-order valence-corrected chi connectivity index (χ3v) is 21.7. The van der Waals surface area contributed by atoms with Crippen molar-refractivity contribution in [3.05, 3.63) is 186 Å². The molecule has 4 N–H and O–H groups in total. The Morgan fingerprint density at radius 1 is 0.564 bits per heavy atom. The number of benzene rings is 6. The fraction of sp³-hybridized carbons (Fsp3) is 0.418. The lowest BCUT2D eigenvalue weighted by molar-refractivity contribution is -0.156. The van der Waals surface area contributed by atoms with Gasteiger partial charge in [-0.1, -0.05) is 84.9 Å². The van der Waals surface area contributed by atoms with Gasteiger partial charge < -0.3 is 53.8 Å². The summed E-state index contributed by atoms with van der Waals surface area (Å²) in [5.74, 6) is -4.82. The van der Waals surface area contributed by atoms with Crippen LogP contribution in [-0.4, -0.2) is 126 Å². The minimum atomic E-state index is -1.34. The third kappa shape index (κ3) is 13.1. The Labute approximate surface area is 583 Å². The number of carboxylic acids is 3. The molecule has 0 spiro atoms. The number of fused-ring (bicyclic) bond motifs is 4. The number of hydrogen-bond donors (Lipinski definition) is 4. The second-order valence-electron chi connectivity index (χ2n) is 28.8. The van der Waals surface area contributed by atoms with Crippen molar-refractivity contribution in [3.8, 4) is 33.8 Å². The Bertz CT molecular complexity index is 4730. The predicted octanol–water partition coefficient (Wildman–Crippen LogP) is 13.8. The van der Waals surface area contributed by atoms with E-state index >= 15 is 13.2 Å². The molecule has 0 bridgehead atoms. The fourth-order valence-electron chi connectivity index (χ4n) is 15.7. The van der Waals surface area contributed by atoms with Gasteiger partial charge in [0.05, 0.1) is 46.9 Å². The van der Waals surface area contributed by atoms with Crippen molar-refractivity contribution in [1.82, 2.24) is 19.4 Å².